The summed E-state index contributed by atoms with van der Waals surface area (Å²) in [4.78, 5) is 67.8. The monoisotopic (exact) mass is 946 g/mol. The molecule has 0 aromatic carbocycles. The van der Waals surface area contributed by atoms with Crippen molar-refractivity contribution in [2.75, 3.05) is 16.0 Å². The number of nitrogens with zero attached hydrogens (tertiary/aromatic N) is 10. The third-order valence-corrected chi connectivity index (χ3v) is 11.4. The molecular weight excluding hydrogens is 882 g/mol. The lowest BCUT2D eigenvalue weighted by atomic mass is 9.92. The van der Waals surface area contributed by atoms with Crippen LogP contribution in [0.1, 0.15) is 135 Å². The van der Waals surface area contributed by atoms with Crippen LogP contribution in [0, 0.1) is 32.0 Å². The van der Waals surface area contributed by atoms with E-state index in [9.17, 15) is 29.0 Å². The van der Waals surface area contributed by atoms with Crippen LogP contribution in [0.2, 0.25) is 0 Å². The summed E-state index contributed by atoms with van der Waals surface area (Å²) in [5.41, 5.74) is 4.86. The van der Waals surface area contributed by atoms with E-state index >= 15 is 0 Å². The van der Waals surface area contributed by atoms with E-state index in [2.05, 4.69) is 50.8 Å². The molecule has 0 unspecified atom stereocenters. The molecular formula is C50H64FN13O5. The van der Waals surface area contributed by atoms with E-state index in [4.69, 9.17) is 0 Å². The molecule has 0 aliphatic heterocycles. The SMILES string of the molecule is Cc1ccc2nc(NC(=O)CC(C)(C)C)n(-c3ccc(F)cn3)c2n1.Cc1ccc2nc(NC(=O)CC(C)(C)O)n(C3CCC3)c2n1.Cc1ccc2nc(NC(=O)CC(C)(C)O)n(C3CCC3)c2n1. The zero-order valence-corrected chi connectivity index (χ0v) is 41.2. The van der Waals surface area contributed by atoms with Gasteiger partial charge in [-0.05, 0) is 141 Å². The molecule has 2 aliphatic rings. The molecule has 2 aliphatic carbocycles. The fourth-order valence-corrected chi connectivity index (χ4v) is 7.92. The molecule has 0 atom stereocenters. The molecule has 69 heavy (non-hydrogen) atoms. The Morgan fingerprint density at radius 3 is 1.33 bits per heavy atom. The lowest BCUT2D eigenvalue weighted by molar-refractivity contribution is -0.121. The number of pyridine rings is 4. The van der Waals surface area contributed by atoms with Gasteiger partial charge in [-0.25, -0.2) is 43.8 Å². The Balaban J connectivity index is 0.000000153. The van der Waals surface area contributed by atoms with Gasteiger partial charge in [0.25, 0.3) is 0 Å². The zero-order valence-electron chi connectivity index (χ0n) is 41.2. The molecule has 2 fully saturated rings. The number of aliphatic hydroxyl groups is 2. The maximum atomic E-state index is 13.2. The summed E-state index contributed by atoms with van der Waals surface area (Å²) in [6.07, 6.45) is 8.23. The Morgan fingerprint density at radius 2 is 0.957 bits per heavy atom. The van der Waals surface area contributed by atoms with E-state index in [1.54, 1.807) is 32.3 Å². The molecule has 0 spiro atoms. The second-order valence-corrected chi connectivity index (χ2v) is 20.6. The van der Waals surface area contributed by atoms with Gasteiger partial charge in [0, 0.05) is 35.6 Å². The molecule has 7 aromatic rings. The second kappa shape index (κ2) is 20.1. The van der Waals surface area contributed by atoms with E-state index in [1.807, 2.05) is 87.1 Å². The van der Waals surface area contributed by atoms with Crippen LogP contribution in [0.25, 0.3) is 39.3 Å². The standard InChI is InChI=1S/C18H20FN5O.2C16H22N4O2/c1-11-5-7-13-16(21-11)24(14-8-6-12(19)10-20-14)17(22-13)23-15(25)9-18(2,3)4;2*1-10-7-8-12-14(17-10)20(11-5-4-6-11)15(18-12)19-13(21)9-16(2,3)22/h5-8,10H,9H2,1-4H3,(H,22,23,25);2*7-8,11,22H,4-6,9H2,1-3H3,(H,18,19,21). The first kappa shape index (κ1) is 50.2. The van der Waals surface area contributed by atoms with Crippen molar-refractivity contribution in [3.63, 3.8) is 0 Å². The number of hydrogen-bond donors (Lipinski definition) is 5. The number of anilines is 3. The highest BCUT2D eigenvalue weighted by Crippen LogP contribution is 2.38. The van der Waals surface area contributed by atoms with E-state index < -0.39 is 17.0 Å². The fraction of sp³-hybridized carbons (Fsp3) is 0.480. The van der Waals surface area contributed by atoms with Gasteiger partial charge in [-0.3, -0.25) is 39.5 Å². The summed E-state index contributed by atoms with van der Waals surface area (Å²) in [5, 5.41) is 28.1. The van der Waals surface area contributed by atoms with Gasteiger partial charge < -0.3 is 10.2 Å². The third-order valence-electron chi connectivity index (χ3n) is 11.4. The lowest BCUT2D eigenvalue weighted by Gasteiger charge is -2.28. The molecule has 18 nitrogen and oxygen atoms in total. The van der Waals surface area contributed by atoms with Crippen LogP contribution in [0.15, 0.2) is 54.7 Å². The fourth-order valence-electron chi connectivity index (χ4n) is 7.92. The molecule has 7 heterocycles. The number of hydrogen-bond acceptors (Lipinski definition) is 12. The van der Waals surface area contributed by atoms with Crippen LogP contribution in [0.5, 0.6) is 0 Å². The van der Waals surface area contributed by atoms with E-state index in [-0.39, 0.29) is 36.0 Å². The predicted octanol–water partition coefficient (Wildman–Crippen LogP) is 8.77. The van der Waals surface area contributed by atoms with Crippen LogP contribution in [0.4, 0.5) is 22.2 Å². The highest BCUT2D eigenvalue weighted by atomic mass is 19.1. The number of amides is 3. The van der Waals surface area contributed by atoms with Gasteiger partial charge in [0.15, 0.2) is 16.9 Å². The first-order valence-electron chi connectivity index (χ1n) is 23.4. The number of carbonyl (C=O) groups is 3. The molecule has 0 saturated heterocycles. The highest BCUT2D eigenvalue weighted by Gasteiger charge is 2.29. The highest BCUT2D eigenvalue weighted by molar-refractivity contribution is 5.93. The second-order valence-electron chi connectivity index (χ2n) is 20.6. The Morgan fingerprint density at radius 1 is 0.565 bits per heavy atom. The molecule has 5 N–H and O–H groups in total. The minimum atomic E-state index is -1.04. The minimum Gasteiger partial charge on any atom is -0.390 e. The summed E-state index contributed by atoms with van der Waals surface area (Å²) in [7, 11) is 0. The number of imidazole rings is 3. The Labute approximate surface area is 400 Å². The van der Waals surface area contributed by atoms with Gasteiger partial charge in [-0.2, -0.15) is 0 Å². The molecule has 3 amide bonds. The van der Waals surface area contributed by atoms with Crippen LogP contribution in [-0.4, -0.2) is 87.7 Å². The van der Waals surface area contributed by atoms with E-state index in [1.165, 1.54) is 25.0 Å². The van der Waals surface area contributed by atoms with Gasteiger partial charge in [-0.15, -0.1) is 0 Å². The van der Waals surface area contributed by atoms with E-state index in [0.29, 0.717) is 53.3 Å². The number of aryl methyl sites for hydroxylation is 3. The largest absolute Gasteiger partial charge is 0.390 e. The molecule has 366 valence electrons. The van der Waals surface area contributed by atoms with Crippen LogP contribution in [-0.2, 0) is 14.4 Å². The van der Waals surface area contributed by atoms with Gasteiger partial charge in [0.1, 0.15) is 28.2 Å². The van der Waals surface area contributed by atoms with Crippen molar-refractivity contribution in [3.05, 3.63) is 77.6 Å². The van der Waals surface area contributed by atoms with Crippen molar-refractivity contribution in [1.82, 2.24) is 48.6 Å². The van der Waals surface area contributed by atoms with Crippen molar-refractivity contribution >= 4 is 69.1 Å². The van der Waals surface area contributed by atoms with Crippen LogP contribution >= 0.6 is 0 Å². The molecule has 19 heteroatoms. The molecule has 2 saturated carbocycles. The van der Waals surface area contributed by atoms with Crippen molar-refractivity contribution < 1.29 is 29.0 Å². The van der Waals surface area contributed by atoms with Gasteiger partial charge in [0.2, 0.25) is 35.6 Å². The Kier molecular flexibility index (Phi) is 14.6. The minimum absolute atomic E-state index is 0.0350. The summed E-state index contributed by atoms with van der Waals surface area (Å²) in [6, 6.07) is 14.9. The predicted molar refractivity (Wildman–Crippen MR) is 263 cm³/mol. The Hall–Kier alpha value is -6.73. The Bertz CT molecular complexity index is 2860. The summed E-state index contributed by atoms with van der Waals surface area (Å²) >= 11 is 0. The average molecular weight is 946 g/mol. The average Bonchev–Trinajstić information content (AvgIpc) is 3.82. The third kappa shape index (κ3) is 12.9. The number of carbonyl (C=O) groups excluding carboxylic acids is 3. The first-order valence-corrected chi connectivity index (χ1v) is 23.4. The summed E-state index contributed by atoms with van der Waals surface area (Å²) < 4.78 is 18.9. The topological polar surface area (TPSA) is 233 Å². The molecule has 9 rings (SSSR count). The summed E-state index contributed by atoms with van der Waals surface area (Å²) in [5.74, 6) is 0.771. The first-order chi connectivity index (χ1) is 32.4. The quantitative estimate of drug-likeness (QED) is 0.0819. The molecule has 7 aromatic heterocycles. The smallest absolute Gasteiger partial charge is 0.229 e. The molecule has 0 radical (unpaired) electrons. The van der Waals surface area contributed by atoms with Crippen molar-refractivity contribution in [2.45, 2.75) is 150 Å². The van der Waals surface area contributed by atoms with Gasteiger partial charge >= 0.3 is 0 Å². The van der Waals surface area contributed by atoms with Gasteiger partial charge in [-0.1, -0.05) is 20.8 Å². The van der Waals surface area contributed by atoms with Crippen molar-refractivity contribution in [3.8, 4) is 5.82 Å². The van der Waals surface area contributed by atoms with Gasteiger partial charge in [0.05, 0.1) is 30.2 Å². The number of rotatable bonds is 11. The van der Waals surface area contributed by atoms with Crippen molar-refractivity contribution in [2.24, 2.45) is 5.41 Å². The zero-order chi connectivity index (χ0) is 50.0. The van der Waals surface area contributed by atoms with Crippen LogP contribution in [0.3, 0.4) is 0 Å². The maximum absolute atomic E-state index is 13.2. The van der Waals surface area contributed by atoms with Crippen molar-refractivity contribution in [1.29, 1.82) is 0 Å². The normalized spacial score (nSPS) is 14.3. The number of fused-ring (bicyclic) bond motifs is 3. The maximum Gasteiger partial charge on any atom is 0.229 e. The molecule has 0 bridgehead atoms. The lowest BCUT2D eigenvalue weighted by Crippen LogP contribution is -2.29. The summed E-state index contributed by atoms with van der Waals surface area (Å²) in [6.45, 7) is 18.2. The number of nitrogens with one attached hydrogen (secondary N) is 3. The van der Waals surface area contributed by atoms with Crippen LogP contribution < -0.4 is 16.0 Å². The number of halogens is 1. The van der Waals surface area contributed by atoms with E-state index in [0.717, 1.165) is 71.3 Å². The number of aromatic nitrogens is 10.